The highest BCUT2D eigenvalue weighted by Gasteiger charge is 2.21. The Labute approximate surface area is 173 Å². The topological polar surface area (TPSA) is 75.9 Å². The smallest absolute Gasteiger partial charge is 0.271 e. The van der Waals surface area contributed by atoms with Crippen LogP contribution in [0.4, 0.5) is 0 Å². The number of hydrogen-bond donors (Lipinski definition) is 1. The second-order valence-corrected chi connectivity index (χ2v) is 8.36. The molecule has 1 saturated heterocycles. The monoisotopic (exact) mass is 412 g/mol. The van der Waals surface area contributed by atoms with Crippen LogP contribution >= 0.6 is 11.3 Å². The minimum absolute atomic E-state index is 0.0626. The Morgan fingerprint density at radius 1 is 1.28 bits per heavy atom. The number of hydrogen-bond acceptors (Lipinski definition) is 6. The standard InChI is InChI=1S/C21H24N4O3S/c1-15-14-25-20(27)17(13-22-21(25)29-15)19(26)23-18(16-5-3-2-4-6-16)7-8-24-9-11-28-12-10-24/h2-6,13-14,18H,7-12H2,1H3,(H,23,26)/t18-/m1/s1. The highest BCUT2D eigenvalue weighted by atomic mass is 32.1. The van der Waals surface area contributed by atoms with E-state index < -0.39 is 5.91 Å². The van der Waals surface area contributed by atoms with Gasteiger partial charge in [0.1, 0.15) is 5.56 Å². The molecule has 1 aromatic carbocycles. The van der Waals surface area contributed by atoms with Gasteiger partial charge in [-0.1, -0.05) is 30.3 Å². The number of aromatic nitrogens is 2. The second-order valence-electron chi connectivity index (χ2n) is 7.15. The molecule has 1 aliphatic rings. The van der Waals surface area contributed by atoms with Crippen molar-refractivity contribution in [3.63, 3.8) is 0 Å². The zero-order valence-electron chi connectivity index (χ0n) is 16.3. The summed E-state index contributed by atoms with van der Waals surface area (Å²) in [5, 5.41) is 3.05. The highest BCUT2D eigenvalue weighted by molar-refractivity contribution is 7.16. The van der Waals surface area contributed by atoms with E-state index in [9.17, 15) is 9.59 Å². The lowest BCUT2D eigenvalue weighted by molar-refractivity contribution is 0.0360. The summed E-state index contributed by atoms with van der Waals surface area (Å²) in [4.78, 5) is 33.9. The summed E-state index contributed by atoms with van der Waals surface area (Å²) in [6.45, 7) is 6.04. The molecule has 0 spiro atoms. The number of thiazole rings is 1. The Morgan fingerprint density at radius 2 is 2.03 bits per heavy atom. The van der Waals surface area contributed by atoms with Crippen LogP contribution < -0.4 is 10.9 Å². The molecule has 0 aliphatic carbocycles. The molecule has 4 rings (SSSR count). The molecule has 2 aromatic heterocycles. The van der Waals surface area contributed by atoms with E-state index in [0.717, 1.165) is 49.7 Å². The first kappa shape index (κ1) is 19.8. The third-order valence-corrected chi connectivity index (χ3v) is 6.02. The maximum Gasteiger partial charge on any atom is 0.271 e. The first-order valence-corrected chi connectivity index (χ1v) is 10.6. The Balaban J connectivity index is 1.54. The Hall–Kier alpha value is -2.55. The van der Waals surface area contributed by atoms with Gasteiger partial charge >= 0.3 is 0 Å². The molecule has 3 aromatic rings. The number of carbonyl (C=O) groups excluding carboxylic acids is 1. The SMILES string of the molecule is Cc1cn2c(=O)c(C(=O)N[C@H](CCN3CCOCC3)c3ccccc3)cnc2s1. The molecule has 1 fully saturated rings. The van der Waals surface area contributed by atoms with E-state index in [4.69, 9.17) is 4.74 Å². The summed E-state index contributed by atoms with van der Waals surface area (Å²) in [7, 11) is 0. The molecule has 0 bridgehead atoms. The first-order chi connectivity index (χ1) is 14.1. The predicted octanol–water partition coefficient (Wildman–Crippen LogP) is 2.26. The minimum Gasteiger partial charge on any atom is -0.379 e. The van der Waals surface area contributed by atoms with Gasteiger partial charge in [0.15, 0.2) is 4.96 Å². The van der Waals surface area contributed by atoms with Crippen molar-refractivity contribution in [2.24, 2.45) is 0 Å². The second kappa shape index (κ2) is 8.86. The van der Waals surface area contributed by atoms with Gasteiger partial charge in [-0.15, -0.1) is 11.3 Å². The summed E-state index contributed by atoms with van der Waals surface area (Å²) in [6.07, 6.45) is 3.86. The van der Waals surface area contributed by atoms with Gasteiger partial charge in [-0.05, 0) is 18.9 Å². The van der Waals surface area contributed by atoms with Gasteiger partial charge in [0.2, 0.25) is 0 Å². The van der Waals surface area contributed by atoms with E-state index in [1.165, 1.54) is 21.9 Å². The molecule has 7 nitrogen and oxygen atoms in total. The van der Waals surface area contributed by atoms with Gasteiger partial charge in [0.25, 0.3) is 11.5 Å². The number of rotatable bonds is 6. The quantitative estimate of drug-likeness (QED) is 0.672. The number of ether oxygens (including phenoxy) is 1. The van der Waals surface area contributed by atoms with E-state index in [1.807, 2.05) is 37.3 Å². The zero-order chi connectivity index (χ0) is 20.2. The van der Waals surface area contributed by atoms with Crippen LogP contribution in [0.2, 0.25) is 0 Å². The van der Waals surface area contributed by atoms with Crippen molar-refractivity contribution in [3.8, 4) is 0 Å². The number of fused-ring (bicyclic) bond motifs is 1. The van der Waals surface area contributed by atoms with Crippen LogP contribution in [-0.4, -0.2) is 53.0 Å². The average molecular weight is 413 g/mol. The third kappa shape index (κ3) is 4.55. The lowest BCUT2D eigenvalue weighted by Crippen LogP contribution is -2.39. The fraction of sp³-hybridized carbons (Fsp3) is 0.381. The molecule has 0 radical (unpaired) electrons. The number of nitrogens with one attached hydrogen (secondary N) is 1. The molecule has 3 heterocycles. The molecule has 1 amide bonds. The average Bonchev–Trinajstić information content (AvgIpc) is 3.14. The van der Waals surface area contributed by atoms with Crippen LogP contribution in [-0.2, 0) is 4.74 Å². The summed E-state index contributed by atoms with van der Waals surface area (Å²) in [6, 6.07) is 9.69. The number of amides is 1. The van der Waals surface area contributed by atoms with Gasteiger partial charge in [-0.25, -0.2) is 4.98 Å². The minimum atomic E-state index is -0.392. The molecule has 1 atom stereocenters. The van der Waals surface area contributed by atoms with Crippen molar-refractivity contribution < 1.29 is 9.53 Å². The van der Waals surface area contributed by atoms with Crippen molar-refractivity contribution in [3.05, 3.63) is 69.1 Å². The van der Waals surface area contributed by atoms with Crippen molar-refractivity contribution in [2.75, 3.05) is 32.8 Å². The van der Waals surface area contributed by atoms with Gasteiger partial charge in [-0.2, -0.15) is 0 Å². The van der Waals surface area contributed by atoms with Crippen LogP contribution in [0.3, 0.4) is 0 Å². The van der Waals surface area contributed by atoms with E-state index in [2.05, 4.69) is 15.2 Å². The van der Waals surface area contributed by atoms with Crippen molar-refractivity contribution in [1.29, 1.82) is 0 Å². The largest absolute Gasteiger partial charge is 0.379 e. The first-order valence-electron chi connectivity index (χ1n) is 9.75. The fourth-order valence-corrected chi connectivity index (χ4v) is 4.32. The van der Waals surface area contributed by atoms with Gasteiger partial charge in [0, 0.05) is 36.9 Å². The summed E-state index contributed by atoms with van der Waals surface area (Å²) in [5.41, 5.74) is 0.749. The number of benzene rings is 1. The van der Waals surface area contributed by atoms with Gasteiger partial charge in [0.05, 0.1) is 19.3 Å². The molecule has 152 valence electrons. The number of morpholine rings is 1. The number of aryl methyl sites for hydroxylation is 1. The number of nitrogens with zero attached hydrogens (tertiary/aromatic N) is 3. The van der Waals surface area contributed by atoms with Crippen LogP contribution in [0.1, 0.15) is 33.3 Å². The maximum atomic E-state index is 13.0. The normalized spacial score (nSPS) is 16.0. The third-order valence-electron chi connectivity index (χ3n) is 5.11. The van der Waals surface area contributed by atoms with Crippen molar-refractivity contribution >= 4 is 22.2 Å². The molecule has 1 aliphatic heterocycles. The van der Waals surface area contributed by atoms with Gasteiger partial charge in [-0.3, -0.25) is 18.9 Å². The highest BCUT2D eigenvalue weighted by Crippen LogP contribution is 2.18. The van der Waals surface area contributed by atoms with Crippen LogP contribution in [0, 0.1) is 6.92 Å². The zero-order valence-corrected chi connectivity index (χ0v) is 17.2. The van der Waals surface area contributed by atoms with E-state index in [-0.39, 0.29) is 17.2 Å². The van der Waals surface area contributed by atoms with E-state index in [0.29, 0.717) is 4.96 Å². The molecule has 0 unspecified atom stereocenters. The Bertz CT molecular complexity index is 1040. The Kier molecular flexibility index (Phi) is 6.03. The van der Waals surface area contributed by atoms with Crippen molar-refractivity contribution in [2.45, 2.75) is 19.4 Å². The lowest BCUT2D eigenvalue weighted by Gasteiger charge is -2.28. The lowest BCUT2D eigenvalue weighted by atomic mass is 10.0. The van der Waals surface area contributed by atoms with Crippen LogP contribution in [0.5, 0.6) is 0 Å². The van der Waals surface area contributed by atoms with Crippen molar-refractivity contribution in [1.82, 2.24) is 19.6 Å². The maximum absolute atomic E-state index is 13.0. The fourth-order valence-electron chi connectivity index (χ4n) is 3.53. The molecule has 8 heteroatoms. The summed E-state index contributed by atoms with van der Waals surface area (Å²) >= 11 is 1.43. The summed E-state index contributed by atoms with van der Waals surface area (Å²) in [5.74, 6) is -0.392. The van der Waals surface area contributed by atoms with Crippen LogP contribution in [0.15, 0.2) is 47.5 Å². The number of carbonyl (C=O) groups is 1. The van der Waals surface area contributed by atoms with Crippen LogP contribution in [0.25, 0.3) is 4.96 Å². The Morgan fingerprint density at radius 3 is 2.79 bits per heavy atom. The molecular weight excluding hydrogens is 388 g/mol. The van der Waals surface area contributed by atoms with E-state index in [1.54, 1.807) is 6.20 Å². The van der Waals surface area contributed by atoms with Gasteiger partial charge < -0.3 is 10.1 Å². The van der Waals surface area contributed by atoms with E-state index >= 15 is 0 Å². The molecular formula is C21H24N4O3S. The summed E-state index contributed by atoms with van der Waals surface area (Å²) < 4.78 is 6.85. The molecule has 1 N–H and O–H groups in total. The molecule has 29 heavy (non-hydrogen) atoms. The molecule has 0 saturated carbocycles. The predicted molar refractivity (Wildman–Crippen MR) is 113 cm³/mol.